The zero-order valence-electron chi connectivity index (χ0n) is 9.88. The summed E-state index contributed by atoms with van der Waals surface area (Å²) in [5.41, 5.74) is 6.96. The van der Waals surface area contributed by atoms with E-state index in [1.807, 2.05) is 24.3 Å². The highest BCUT2D eigenvalue weighted by Gasteiger charge is 2.09. The van der Waals surface area contributed by atoms with Gasteiger partial charge >= 0.3 is 0 Å². The van der Waals surface area contributed by atoms with Gasteiger partial charge in [-0.1, -0.05) is 13.0 Å². The molecule has 0 unspecified atom stereocenters. The summed E-state index contributed by atoms with van der Waals surface area (Å²) in [6.45, 7) is 2.09. The van der Waals surface area contributed by atoms with Gasteiger partial charge in [0.05, 0.1) is 23.9 Å². The van der Waals surface area contributed by atoms with E-state index in [2.05, 4.69) is 12.0 Å². The number of aromatic nitrogens is 2. The fourth-order valence-corrected chi connectivity index (χ4v) is 2.22. The molecule has 0 saturated carbocycles. The van der Waals surface area contributed by atoms with Crippen LogP contribution in [-0.4, -0.2) is 22.6 Å². The second-order valence-electron chi connectivity index (χ2n) is 3.44. The van der Waals surface area contributed by atoms with Gasteiger partial charge in [-0.25, -0.2) is 4.68 Å². The van der Waals surface area contributed by atoms with Crippen molar-refractivity contribution >= 4 is 17.6 Å². The summed E-state index contributed by atoms with van der Waals surface area (Å²) >= 11 is 1.69. The normalized spacial score (nSPS) is 10.5. The van der Waals surface area contributed by atoms with E-state index < -0.39 is 0 Å². The Kier molecular flexibility index (Phi) is 3.58. The smallest absolute Gasteiger partial charge is 0.140 e. The average molecular weight is 249 g/mol. The SMILES string of the molecule is CCSc1cnn(-c2cccc(OC)c2)c1N. The van der Waals surface area contributed by atoms with Gasteiger partial charge in [0.1, 0.15) is 11.6 Å². The van der Waals surface area contributed by atoms with Crippen molar-refractivity contribution in [3.05, 3.63) is 30.5 Å². The van der Waals surface area contributed by atoms with Gasteiger partial charge in [-0.05, 0) is 17.9 Å². The first kappa shape index (κ1) is 11.9. The van der Waals surface area contributed by atoms with E-state index in [1.165, 1.54) is 0 Å². The van der Waals surface area contributed by atoms with Crippen molar-refractivity contribution in [1.82, 2.24) is 9.78 Å². The third kappa shape index (κ3) is 2.39. The number of hydrogen-bond donors (Lipinski definition) is 1. The molecule has 0 aliphatic carbocycles. The van der Waals surface area contributed by atoms with Gasteiger partial charge in [-0.2, -0.15) is 5.10 Å². The number of anilines is 1. The van der Waals surface area contributed by atoms with Gasteiger partial charge in [-0.3, -0.25) is 0 Å². The molecule has 0 atom stereocenters. The molecule has 0 aliphatic rings. The maximum atomic E-state index is 6.05. The molecular formula is C12H15N3OS. The molecule has 2 rings (SSSR count). The Labute approximate surface area is 105 Å². The average Bonchev–Trinajstić information content (AvgIpc) is 2.72. The van der Waals surface area contributed by atoms with Gasteiger partial charge in [-0.15, -0.1) is 11.8 Å². The number of nitrogens with zero attached hydrogens (tertiary/aromatic N) is 2. The number of nitrogen functional groups attached to an aromatic ring is 1. The van der Waals surface area contributed by atoms with Crippen molar-refractivity contribution in [2.45, 2.75) is 11.8 Å². The maximum Gasteiger partial charge on any atom is 0.140 e. The van der Waals surface area contributed by atoms with Crippen LogP contribution in [0.15, 0.2) is 35.4 Å². The molecule has 17 heavy (non-hydrogen) atoms. The first-order valence-corrected chi connectivity index (χ1v) is 6.35. The fourth-order valence-electron chi connectivity index (χ4n) is 1.56. The number of hydrogen-bond acceptors (Lipinski definition) is 4. The predicted molar refractivity (Wildman–Crippen MR) is 70.9 cm³/mol. The third-order valence-electron chi connectivity index (χ3n) is 2.37. The lowest BCUT2D eigenvalue weighted by molar-refractivity contribution is 0.414. The van der Waals surface area contributed by atoms with Crippen LogP contribution in [0.1, 0.15) is 6.92 Å². The van der Waals surface area contributed by atoms with E-state index >= 15 is 0 Å². The minimum atomic E-state index is 0.671. The molecule has 5 heteroatoms. The lowest BCUT2D eigenvalue weighted by atomic mass is 10.3. The van der Waals surface area contributed by atoms with E-state index in [4.69, 9.17) is 10.5 Å². The predicted octanol–water partition coefficient (Wildman–Crippen LogP) is 2.58. The molecule has 0 spiro atoms. The highest BCUT2D eigenvalue weighted by Crippen LogP contribution is 2.27. The third-order valence-corrected chi connectivity index (χ3v) is 3.28. The summed E-state index contributed by atoms with van der Waals surface area (Å²) < 4.78 is 6.91. The van der Waals surface area contributed by atoms with Gasteiger partial charge < -0.3 is 10.5 Å². The molecule has 0 aliphatic heterocycles. The molecule has 0 radical (unpaired) electrons. The van der Waals surface area contributed by atoms with Crippen molar-refractivity contribution in [2.75, 3.05) is 18.6 Å². The maximum absolute atomic E-state index is 6.05. The molecule has 0 fully saturated rings. The quantitative estimate of drug-likeness (QED) is 0.846. The molecule has 0 saturated heterocycles. The zero-order chi connectivity index (χ0) is 12.3. The Balaban J connectivity index is 2.38. The van der Waals surface area contributed by atoms with E-state index in [1.54, 1.807) is 29.8 Å². The highest BCUT2D eigenvalue weighted by atomic mass is 32.2. The van der Waals surface area contributed by atoms with Crippen molar-refractivity contribution in [1.29, 1.82) is 0 Å². The van der Waals surface area contributed by atoms with Gasteiger partial charge in [0.15, 0.2) is 0 Å². The second kappa shape index (κ2) is 5.14. The number of rotatable bonds is 4. The van der Waals surface area contributed by atoms with Crippen LogP contribution >= 0.6 is 11.8 Å². The first-order chi connectivity index (χ1) is 8.26. The van der Waals surface area contributed by atoms with Crippen LogP contribution in [0, 0.1) is 0 Å². The topological polar surface area (TPSA) is 53.1 Å². The summed E-state index contributed by atoms with van der Waals surface area (Å²) in [5, 5.41) is 4.30. The highest BCUT2D eigenvalue weighted by molar-refractivity contribution is 7.99. The van der Waals surface area contributed by atoms with Crippen molar-refractivity contribution < 1.29 is 4.74 Å². The zero-order valence-corrected chi connectivity index (χ0v) is 10.7. The molecule has 1 heterocycles. The Bertz CT molecular complexity index is 510. The first-order valence-electron chi connectivity index (χ1n) is 5.37. The summed E-state index contributed by atoms with van der Waals surface area (Å²) in [6.07, 6.45) is 1.79. The Hall–Kier alpha value is -1.62. The summed E-state index contributed by atoms with van der Waals surface area (Å²) in [6, 6.07) is 7.67. The van der Waals surface area contributed by atoms with Crippen LogP contribution in [0.2, 0.25) is 0 Å². The summed E-state index contributed by atoms with van der Waals surface area (Å²) in [7, 11) is 1.64. The van der Waals surface area contributed by atoms with Crippen molar-refractivity contribution in [3.8, 4) is 11.4 Å². The van der Waals surface area contributed by atoms with Crippen LogP contribution in [-0.2, 0) is 0 Å². The van der Waals surface area contributed by atoms with Crippen LogP contribution in [0.3, 0.4) is 0 Å². The lowest BCUT2D eigenvalue weighted by Crippen LogP contribution is -2.02. The van der Waals surface area contributed by atoms with E-state index in [0.717, 1.165) is 22.1 Å². The Morgan fingerprint density at radius 2 is 2.29 bits per heavy atom. The number of nitrogens with two attached hydrogens (primary N) is 1. The van der Waals surface area contributed by atoms with E-state index in [0.29, 0.717) is 5.82 Å². The Morgan fingerprint density at radius 3 is 3.00 bits per heavy atom. The Morgan fingerprint density at radius 1 is 1.47 bits per heavy atom. The number of methoxy groups -OCH3 is 1. The molecule has 1 aromatic heterocycles. The number of benzene rings is 1. The lowest BCUT2D eigenvalue weighted by Gasteiger charge is -2.06. The molecule has 2 aromatic rings. The van der Waals surface area contributed by atoms with Crippen LogP contribution in [0.5, 0.6) is 5.75 Å². The summed E-state index contributed by atoms with van der Waals surface area (Å²) in [4.78, 5) is 1.01. The van der Waals surface area contributed by atoms with E-state index in [9.17, 15) is 0 Å². The van der Waals surface area contributed by atoms with E-state index in [-0.39, 0.29) is 0 Å². The van der Waals surface area contributed by atoms with Gasteiger partial charge in [0.25, 0.3) is 0 Å². The second-order valence-corrected chi connectivity index (χ2v) is 4.75. The molecular weight excluding hydrogens is 234 g/mol. The largest absolute Gasteiger partial charge is 0.497 e. The van der Waals surface area contributed by atoms with Crippen molar-refractivity contribution in [3.63, 3.8) is 0 Å². The number of thioether (sulfide) groups is 1. The molecule has 0 amide bonds. The van der Waals surface area contributed by atoms with Crippen LogP contribution in [0.4, 0.5) is 5.82 Å². The molecule has 0 bridgehead atoms. The monoisotopic (exact) mass is 249 g/mol. The number of ether oxygens (including phenoxy) is 1. The van der Waals surface area contributed by atoms with Gasteiger partial charge in [0, 0.05) is 6.07 Å². The van der Waals surface area contributed by atoms with Crippen LogP contribution < -0.4 is 10.5 Å². The molecule has 4 nitrogen and oxygen atoms in total. The van der Waals surface area contributed by atoms with Crippen molar-refractivity contribution in [2.24, 2.45) is 0 Å². The molecule has 90 valence electrons. The molecule has 2 N–H and O–H groups in total. The fraction of sp³-hybridized carbons (Fsp3) is 0.250. The van der Waals surface area contributed by atoms with Crippen LogP contribution in [0.25, 0.3) is 5.69 Å². The van der Waals surface area contributed by atoms with Gasteiger partial charge in [0.2, 0.25) is 0 Å². The summed E-state index contributed by atoms with van der Waals surface area (Å²) in [5.74, 6) is 2.45. The molecule has 1 aromatic carbocycles. The standard InChI is InChI=1S/C12H15N3OS/c1-3-17-11-8-14-15(12(11)13)9-5-4-6-10(7-9)16-2/h4-8H,3,13H2,1-2H3. The minimum Gasteiger partial charge on any atom is -0.497 e. The minimum absolute atomic E-state index is 0.671.